The number of rotatable bonds is 12. The molecule has 5 heterocycles. The number of nitrogens with zero attached hydrogens (tertiary/aromatic N) is 2. The fraction of sp³-hybridized carbons (Fsp3) is 0.522. The maximum atomic E-state index is 15.4. The summed E-state index contributed by atoms with van der Waals surface area (Å²) in [5.74, 6) is 1.00. The van der Waals surface area contributed by atoms with Gasteiger partial charge in [-0.3, -0.25) is 9.59 Å². The van der Waals surface area contributed by atoms with Crippen LogP contribution in [0.15, 0.2) is 63.9 Å². The Kier molecular flexibility index (Phi) is 9.84. The van der Waals surface area contributed by atoms with Gasteiger partial charge in [0.05, 0.1) is 36.1 Å². The second kappa shape index (κ2) is 14.1. The first-order valence-corrected chi connectivity index (χ1v) is 21.4. The van der Waals surface area contributed by atoms with E-state index in [2.05, 4.69) is 82.7 Å². The lowest BCUT2D eigenvalue weighted by Gasteiger charge is -2.62. The molecule has 7 unspecified atom stereocenters. The van der Waals surface area contributed by atoms with Crippen molar-refractivity contribution in [1.82, 2.24) is 9.55 Å². The molecule has 3 saturated carbocycles. The first-order chi connectivity index (χ1) is 27.4. The van der Waals surface area contributed by atoms with Crippen molar-refractivity contribution in [2.24, 2.45) is 17.6 Å². The Balaban J connectivity index is 1.45. The molecule has 0 radical (unpaired) electrons. The number of Topliss-reactive ketones (excluding diaryl/α,β-unsaturated/α-hetero) is 2. The number of fused-ring (bicyclic) bond motifs is 4. The molecule has 11 nitrogen and oxygen atoms in total. The van der Waals surface area contributed by atoms with Crippen molar-refractivity contribution >= 4 is 47.0 Å². The van der Waals surface area contributed by atoms with Gasteiger partial charge in [-0.25, -0.2) is 9.78 Å². The van der Waals surface area contributed by atoms with Crippen molar-refractivity contribution < 1.29 is 33.3 Å². The van der Waals surface area contributed by atoms with Gasteiger partial charge in [0, 0.05) is 63.6 Å². The summed E-state index contributed by atoms with van der Waals surface area (Å²) in [7, 11) is 1.35. The molecule has 4 aliphatic heterocycles. The van der Waals surface area contributed by atoms with Crippen LogP contribution in [0.1, 0.15) is 111 Å². The SMILES string of the molecule is COC(=O)/C(C)=C\CC12OC(C)(C)C3CC(C1=O)C1C4=C(Nc5nccn51)c1c(c(CC=C(C)C)c5c(c1SCC(N)C(C)=O)C=CC(C)(CCC=C(C)C)O5)OC432. The van der Waals surface area contributed by atoms with Crippen LogP contribution in [0.5, 0.6) is 11.5 Å². The summed E-state index contributed by atoms with van der Waals surface area (Å²) in [6, 6.07) is -1.08. The number of hydrogen-bond acceptors (Lipinski definition) is 11. The first kappa shape index (κ1) is 40.4. The number of nitrogens with two attached hydrogens (primary N) is 1. The average Bonchev–Trinajstić information content (AvgIpc) is 3.69. The van der Waals surface area contributed by atoms with Gasteiger partial charge in [-0.1, -0.05) is 35.5 Å². The Morgan fingerprint density at radius 1 is 1.09 bits per heavy atom. The van der Waals surface area contributed by atoms with Gasteiger partial charge in [-0.05, 0) is 94.1 Å². The summed E-state index contributed by atoms with van der Waals surface area (Å²) < 4.78 is 29.4. The molecule has 4 bridgehead atoms. The van der Waals surface area contributed by atoms with E-state index in [-0.39, 0.29) is 29.9 Å². The number of benzene rings is 1. The number of esters is 1. The van der Waals surface area contributed by atoms with Gasteiger partial charge in [-0.15, -0.1) is 11.8 Å². The lowest BCUT2D eigenvalue weighted by atomic mass is 9.47. The monoisotopic (exact) mass is 808 g/mol. The molecule has 58 heavy (non-hydrogen) atoms. The Morgan fingerprint density at radius 3 is 2.52 bits per heavy atom. The van der Waals surface area contributed by atoms with E-state index in [9.17, 15) is 9.59 Å². The molecule has 7 aliphatic rings. The maximum absolute atomic E-state index is 15.4. The highest BCUT2D eigenvalue weighted by Gasteiger charge is 2.84. The number of nitrogens with one attached hydrogen (secondary N) is 1. The molecule has 3 aliphatic carbocycles. The second-order valence-electron chi connectivity index (χ2n) is 18.1. The number of anilines is 1. The molecule has 3 N–H and O–H groups in total. The van der Waals surface area contributed by atoms with Gasteiger partial charge < -0.3 is 34.6 Å². The van der Waals surface area contributed by atoms with Crippen molar-refractivity contribution in [2.75, 3.05) is 18.2 Å². The zero-order valence-corrected chi connectivity index (χ0v) is 36.1. The van der Waals surface area contributed by atoms with Crippen molar-refractivity contribution in [3.8, 4) is 11.5 Å². The van der Waals surface area contributed by atoms with E-state index in [0.717, 1.165) is 51.3 Å². The summed E-state index contributed by atoms with van der Waals surface area (Å²) >= 11 is 1.52. The maximum Gasteiger partial charge on any atom is 0.333 e. The molecular formula is C46H56N4O7S. The van der Waals surface area contributed by atoms with Gasteiger partial charge in [0.15, 0.2) is 17.0 Å². The third-order valence-corrected chi connectivity index (χ3v) is 14.4. The number of aromatic nitrogens is 2. The van der Waals surface area contributed by atoms with E-state index < -0.39 is 40.3 Å². The number of allylic oxidation sites excluding steroid dienone is 4. The largest absolute Gasteiger partial charge is 0.482 e. The molecule has 0 amide bonds. The van der Waals surface area contributed by atoms with Crippen LogP contribution >= 0.6 is 11.8 Å². The molecule has 308 valence electrons. The predicted octanol–water partition coefficient (Wildman–Crippen LogP) is 8.10. The topological polar surface area (TPSA) is 144 Å². The Hall–Kier alpha value is -4.39. The van der Waals surface area contributed by atoms with E-state index in [0.29, 0.717) is 41.6 Å². The molecule has 1 spiro atoms. The van der Waals surface area contributed by atoms with E-state index >= 15 is 4.79 Å². The van der Waals surface area contributed by atoms with Gasteiger partial charge in [0.25, 0.3) is 0 Å². The average molecular weight is 809 g/mol. The van der Waals surface area contributed by atoms with Crippen LogP contribution in [0.25, 0.3) is 11.8 Å². The Bertz CT molecular complexity index is 2290. The van der Waals surface area contributed by atoms with Crippen LogP contribution < -0.4 is 20.5 Å². The summed E-state index contributed by atoms with van der Waals surface area (Å²) in [5, 5.41) is 3.77. The standard InChI is InChI=1S/C46H56N4O7S/c1-24(2)12-11-17-44(9)18-16-29-37(55-44)28(14-13-25(3)4)38-33(39(29)58-23-31(47)27(6)51)35-34-36(50-21-20-48-42(50)49-35)30-22-32-43(7,8)57-45(40(30)52,46(32,34)56-38)19-15-26(5)41(53)54-10/h12-13,15-16,18,20-21,30-32,36H,11,14,17,19,22-23,47H2,1-10H3,(H,48,49)/b26-15-. The van der Waals surface area contributed by atoms with Crippen LogP contribution in [0, 0.1) is 11.8 Å². The van der Waals surface area contributed by atoms with E-state index in [1.165, 1.54) is 31.4 Å². The molecule has 4 fully saturated rings. The summed E-state index contributed by atoms with van der Waals surface area (Å²) in [6.07, 6.45) is 17.0. The van der Waals surface area contributed by atoms with Gasteiger partial charge >= 0.3 is 5.97 Å². The fourth-order valence-electron chi connectivity index (χ4n) is 10.3. The minimum atomic E-state index is -1.47. The number of ether oxygens (including phenoxy) is 4. The van der Waals surface area contributed by atoms with E-state index in [1.807, 2.05) is 6.20 Å². The van der Waals surface area contributed by atoms with E-state index in [1.54, 1.807) is 19.2 Å². The number of ketones is 2. The van der Waals surface area contributed by atoms with Crippen LogP contribution in [0.3, 0.4) is 0 Å². The first-order valence-electron chi connectivity index (χ1n) is 20.4. The quantitative estimate of drug-likeness (QED) is 0.0930. The number of hydrogen-bond donors (Lipinski definition) is 2. The number of imidazole rings is 1. The third kappa shape index (κ3) is 5.91. The minimum absolute atomic E-state index is 0.0433. The number of thioether (sulfide) groups is 1. The normalized spacial score (nSPS) is 29.5. The van der Waals surface area contributed by atoms with Crippen molar-refractivity contribution in [3.63, 3.8) is 0 Å². The van der Waals surface area contributed by atoms with Crippen molar-refractivity contribution in [3.05, 3.63) is 75.7 Å². The van der Waals surface area contributed by atoms with Crippen LogP contribution in [-0.4, -0.2) is 68.4 Å². The molecule has 12 heteroatoms. The molecule has 1 aromatic carbocycles. The molecular weight excluding hydrogens is 753 g/mol. The smallest absolute Gasteiger partial charge is 0.333 e. The number of carbonyl (C=O) groups is 3. The van der Waals surface area contributed by atoms with Gasteiger partial charge in [-0.2, -0.15) is 0 Å². The number of methoxy groups -OCH3 is 1. The Morgan fingerprint density at radius 2 is 1.83 bits per heavy atom. The van der Waals surface area contributed by atoms with Crippen LogP contribution in [-0.2, 0) is 30.3 Å². The van der Waals surface area contributed by atoms with Crippen molar-refractivity contribution in [2.45, 2.75) is 134 Å². The highest BCUT2D eigenvalue weighted by Crippen LogP contribution is 2.74. The highest BCUT2D eigenvalue weighted by atomic mass is 32.2. The molecule has 9 rings (SSSR count). The molecule has 7 atom stereocenters. The van der Waals surface area contributed by atoms with E-state index in [4.69, 9.17) is 29.7 Å². The molecule has 1 saturated heterocycles. The predicted molar refractivity (Wildman–Crippen MR) is 226 cm³/mol. The van der Waals surface area contributed by atoms with Crippen LogP contribution in [0.2, 0.25) is 0 Å². The minimum Gasteiger partial charge on any atom is -0.482 e. The number of carbonyl (C=O) groups excluding carboxylic acids is 3. The lowest BCUT2D eigenvalue weighted by Crippen LogP contribution is -2.75. The van der Waals surface area contributed by atoms with Crippen LogP contribution in [0.4, 0.5) is 5.95 Å². The fourth-order valence-corrected chi connectivity index (χ4v) is 11.5. The molecule has 2 aromatic rings. The van der Waals surface area contributed by atoms with Gasteiger partial charge in [0.2, 0.25) is 5.95 Å². The summed E-state index contributed by atoms with van der Waals surface area (Å²) in [4.78, 5) is 46.5. The third-order valence-electron chi connectivity index (χ3n) is 13.1. The summed E-state index contributed by atoms with van der Waals surface area (Å²) in [6.45, 7) is 17.8. The highest BCUT2D eigenvalue weighted by molar-refractivity contribution is 7.99. The Labute approximate surface area is 345 Å². The second-order valence-corrected chi connectivity index (χ2v) is 19.1. The van der Waals surface area contributed by atoms with Gasteiger partial charge in [0.1, 0.15) is 22.9 Å². The summed E-state index contributed by atoms with van der Waals surface area (Å²) in [5.41, 5.74) is 9.45. The van der Waals surface area contributed by atoms with Crippen molar-refractivity contribution in [1.29, 1.82) is 0 Å². The zero-order chi connectivity index (χ0) is 41.7. The lowest BCUT2D eigenvalue weighted by molar-refractivity contribution is -0.181. The zero-order valence-electron chi connectivity index (χ0n) is 35.3. The molecule has 1 aromatic heterocycles.